The lowest BCUT2D eigenvalue weighted by Gasteiger charge is -2.11. The van der Waals surface area contributed by atoms with Gasteiger partial charge in [0.25, 0.3) is 15.9 Å². The molecule has 2 heterocycles. The average Bonchev–Trinajstić information content (AvgIpc) is 3.23. The Bertz CT molecular complexity index is 1230. The number of carbonyl (C=O) groups excluding carboxylic acids is 1. The monoisotopic (exact) mass is 410 g/mol. The summed E-state index contributed by atoms with van der Waals surface area (Å²) in [6.07, 6.45) is 1.54. The molecule has 2 aromatic carbocycles. The number of nitrogens with one attached hydrogen (secondary N) is 2. The summed E-state index contributed by atoms with van der Waals surface area (Å²) in [6.45, 7) is 2.64. The smallest absolute Gasteiger partial charge is 0.284 e. The molecule has 8 heteroatoms. The van der Waals surface area contributed by atoms with E-state index in [9.17, 15) is 13.2 Å². The normalized spacial score (nSPS) is 15.9. The van der Waals surface area contributed by atoms with Gasteiger partial charge in [0, 0.05) is 42.3 Å². The fraction of sp³-hybridized carbons (Fsp3) is 0.238. The highest BCUT2D eigenvalue weighted by Crippen LogP contribution is 2.24. The van der Waals surface area contributed by atoms with Crippen LogP contribution in [0.4, 0.5) is 5.69 Å². The number of H-pyrrole nitrogens is 1. The molecule has 1 fully saturated rings. The van der Waals surface area contributed by atoms with Crippen LogP contribution in [0.3, 0.4) is 0 Å². The van der Waals surface area contributed by atoms with Crippen molar-refractivity contribution in [2.45, 2.75) is 24.7 Å². The first kappa shape index (κ1) is 19.2. The maximum Gasteiger partial charge on any atom is 0.284 e. The van der Waals surface area contributed by atoms with Crippen molar-refractivity contribution < 1.29 is 13.2 Å². The van der Waals surface area contributed by atoms with Crippen molar-refractivity contribution in [3.05, 3.63) is 59.8 Å². The van der Waals surface area contributed by atoms with Crippen LogP contribution in [0.2, 0.25) is 0 Å². The third-order valence-corrected chi connectivity index (χ3v) is 6.37. The zero-order chi connectivity index (χ0) is 20.6. The van der Waals surface area contributed by atoms with Crippen molar-refractivity contribution in [2.75, 3.05) is 18.9 Å². The van der Waals surface area contributed by atoms with E-state index >= 15 is 0 Å². The number of benzene rings is 2. The molecule has 4 rings (SSSR count). The number of amidine groups is 1. The lowest BCUT2D eigenvalue weighted by molar-refractivity contribution is 0.102. The fourth-order valence-corrected chi connectivity index (χ4v) is 4.74. The van der Waals surface area contributed by atoms with E-state index < -0.39 is 10.0 Å². The Hall–Kier alpha value is -3.13. The van der Waals surface area contributed by atoms with E-state index in [1.54, 1.807) is 12.1 Å². The van der Waals surface area contributed by atoms with Gasteiger partial charge in [-0.25, -0.2) is 0 Å². The highest BCUT2D eigenvalue weighted by Gasteiger charge is 2.21. The molecule has 1 aliphatic heterocycles. The van der Waals surface area contributed by atoms with Crippen molar-refractivity contribution in [3.8, 4) is 0 Å². The first-order chi connectivity index (χ1) is 13.8. The van der Waals surface area contributed by atoms with Gasteiger partial charge in [0.2, 0.25) is 0 Å². The number of para-hydroxylation sites is 1. The van der Waals surface area contributed by atoms with E-state index in [1.807, 2.05) is 43.1 Å². The quantitative estimate of drug-likeness (QED) is 0.688. The van der Waals surface area contributed by atoms with Crippen molar-refractivity contribution in [1.29, 1.82) is 0 Å². The minimum Gasteiger partial charge on any atom is -0.362 e. The summed E-state index contributed by atoms with van der Waals surface area (Å²) in [5.74, 6) is 0.269. The van der Waals surface area contributed by atoms with Crippen LogP contribution in [0.5, 0.6) is 0 Å². The molecule has 0 spiro atoms. The van der Waals surface area contributed by atoms with Crippen LogP contribution in [0.25, 0.3) is 10.9 Å². The van der Waals surface area contributed by atoms with Crippen LogP contribution in [-0.2, 0) is 10.0 Å². The second-order valence-electron chi connectivity index (χ2n) is 7.16. The van der Waals surface area contributed by atoms with Crippen LogP contribution in [0.15, 0.2) is 57.8 Å². The largest absolute Gasteiger partial charge is 0.362 e. The molecule has 29 heavy (non-hydrogen) atoms. The highest BCUT2D eigenvalue weighted by molar-refractivity contribution is 7.90. The summed E-state index contributed by atoms with van der Waals surface area (Å²) in [6, 6.07) is 13.8. The van der Waals surface area contributed by atoms with E-state index in [0.29, 0.717) is 23.5 Å². The van der Waals surface area contributed by atoms with E-state index in [1.165, 1.54) is 12.1 Å². The van der Waals surface area contributed by atoms with Gasteiger partial charge >= 0.3 is 0 Å². The zero-order valence-electron chi connectivity index (χ0n) is 16.3. The number of amides is 1. The summed E-state index contributed by atoms with van der Waals surface area (Å²) >= 11 is 0. The predicted octanol–water partition coefficient (Wildman–Crippen LogP) is 3.54. The molecule has 3 aromatic rings. The molecule has 1 aromatic heterocycles. The summed E-state index contributed by atoms with van der Waals surface area (Å²) in [4.78, 5) is 18.0. The Morgan fingerprint density at radius 3 is 2.72 bits per heavy atom. The topological polar surface area (TPSA) is 94.6 Å². The van der Waals surface area contributed by atoms with Gasteiger partial charge in [-0.3, -0.25) is 4.79 Å². The van der Waals surface area contributed by atoms with Gasteiger partial charge in [-0.2, -0.15) is 8.42 Å². The van der Waals surface area contributed by atoms with Crippen LogP contribution < -0.4 is 5.32 Å². The molecule has 150 valence electrons. The third-order valence-electron chi connectivity index (χ3n) is 5.07. The minimum atomic E-state index is -3.84. The van der Waals surface area contributed by atoms with Gasteiger partial charge in [0.1, 0.15) is 5.84 Å². The van der Waals surface area contributed by atoms with Gasteiger partial charge in [0.05, 0.1) is 10.5 Å². The van der Waals surface area contributed by atoms with Crippen molar-refractivity contribution >= 4 is 38.4 Å². The molecule has 1 aliphatic rings. The molecule has 0 radical (unpaired) electrons. The van der Waals surface area contributed by atoms with Crippen LogP contribution >= 0.6 is 0 Å². The first-order valence-corrected chi connectivity index (χ1v) is 10.8. The van der Waals surface area contributed by atoms with Crippen LogP contribution in [0, 0.1) is 6.92 Å². The summed E-state index contributed by atoms with van der Waals surface area (Å²) < 4.78 is 29.4. The molecular weight excluding hydrogens is 388 g/mol. The Kier molecular flexibility index (Phi) is 4.87. The molecular formula is C21H22N4O3S. The second kappa shape index (κ2) is 7.36. The zero-order valence-corrected chi connectivity index (χ0v) is 17.1. The van der Waals surface area contributed by atoms with Crippen molar-refractivity contribution in [2.24, 2.45) is 4.40 Å². The molecule has 2 N–H and O–H groups in total. The van der Waals surface area contributed by atoms with Gasteiger partial charge in [0.15, 0.2) is 0 Å². The molecule has 0 aliphatic carbocycles. The first-order valence-electron chi connectivity index (χ1n) is 9.39. The van der Waals surface area contributed by atoms with E-state index in [0.717, 1.165) is 29.6 Å². The molecule has 0 unspecified atom stereocenters. The molecule has 0 atom stereocenters. The number of carbonyl (C=O) groups is 1. The van der Waals surface area contributed by atoms with Crippen LogP contribution in [-0.4, -0.2) is 43.6 Å². The number of rotatable bonds is 4. The third kappa shape index (κ3) is 3.75. The standard InChI is InChI=1S/C21H22N4O3S/c1-14-20(17-9-3-4-10-18(17)22-14)21(26)23-15-7-5-8-16(13-15)29(27,28)24-19-11-6-12-25(19)2/h3-5,7-10,13,22H,6,11-12H2,1-2H3,(H,23,26). The molecule has 7 nitrogen and oxygen atoms in total. The molecule has 0 bridgehead atoms. The highest BCUT2D eigenvalue weighted by atomic mass is 32.2. The Morgan fingerprint density at radius 1 is 1.17 bits per heavy atom. The number of likely N-dealkylation sites (tertiary alicyclic amines) is 1. The number of fused-ring (bicyclic) bond motifs is 1. The number of hydrogen-bond acceptors (Lipinski definition) is 3. The fourth-order valence-electron chi connectivity index (χ4n) is 3.60. The lowest BCUT2D eigenvalue weighted by Crippen LogP contribution is -2.20. The number of anilines is 1. The number of aromatic amines is 1. The van der Waals surface area contributed by atoms with E-state index in [2.05, 4.69) is 14.7 Å². The van der Waals surface area contributed by atoms with Crippen molar-refractivity contribution in [1.82, 2.24) is 9.88 Å². The molecule has 1 saturated heterocycles. The van der Waals surface area contributed by atoms with E-state index in [-0.39, 0.29) is 10.8 Å². The number of aryl methyl sites for hydroxylation is 1. The maximum atomic E-state index is 12.9. The lowest BCUT2D eigenvalue weighted by atomic mass is 10.1. The summed E-state index contributed by atoms with van der Waals surface area (Å²) in [5.41, 5.74) is 2.58. The van der Waals surface area contributed by atoms with Crippen LogP contribution in [0.1, 0.15) is 28.9 Å². The summed E-state index contributed by atoms with van der Waals surface area (Å²) in [7, 11) is -2.01. The predicted molar refractivity (Wildman–Crippen MR) is 114 cm³/mol. The number of sulfonamides is 1. The van der Waals surface area contributed by atoms with E-state index in [4.69, 9.17) is 0 Å². The van der Waals surface area contributed by atoms with Crippen molar-refractivity contribution in [3.63, 3.8) is 0 Å². The minimum absolute atomic E-state index is 0.0544. The van der Waals surface area contributed by atoms with Gasteiger partial charge in [-0.1, -0.05) is 24.3 Å². The average molecular weight is 410 g/mol. The summed E-state index contributed by atoms with van der Waals surface area (Å²) in [5, 5.41) is 3.63. The molecule has 1 amide bonds. The van der Waals surface area contributed by atoms with Gasteiger partial charge in [-0.15, -0.1) is 4.40 Å². The second-order valence-corrected chi connectivity index (χ2v) is 8.76. The Labute approximate surface area is 169 Å². The Balaban J connectivity index is 1.62. The van der Waals surface area contributed by atoms with Gasteiger partial charge < -0.3 is 15.2 Å². The number of hydrogen-bond donors (Lipinski definition) is 2. The van der Waals surface area contributed by atoms with Gasteiger partial charge in [-0.05, 0) is 37.6 Å². The SMILES string of the molecule is Cc1[nH]c2ccccc2c1C(=O)Nc1cccc(S(=O)(=O)N=C2CCCN2C)c1. The molecule has 0 saturated carbocycles. The maximum absolute atomic E-state index is 12.9. The number of nitrogens with zero attached hydrogens (tertiary/aromatic N) is 2. The Morgan fingerprint density at radius 2 is 1.97 bits per heavy atom. The number of aromatic nitrogens is 1.